The molecule has 1 aliphatic rings. The van der Waals surface area contributed by atoms with Gasteiger partial charge >= 0.3 is 0 Å². The zero-order chi connectivity index (χ0) is 13.3. The van der Waals surface area contributed by atoms with E-state index in [0.717, 1.165) is 13.1 Å². The number of piperazine rings is 1. The molecule has 1 saturated heterocycles. The zero-order valence-corrected chi connectivity index (χ0v) is 13.1. The van der Waals surface area contributed by atoms with Gasteiger partial charge in [-0.3, -0.25) is 4.90 Å². The lowest BCUT2D eigenvalue weighted by Gasteiger charge is -2.46. The Kier molecular flexibility index (Phi) is 4.15. The number of hydrogen-bond donors (Lipinski definition) is 1. The molecule has 0 aliphatic carbocycles. The van der Waals surface area contributed by atoms with Crippen LogP contribution in [-0.2, 0) is 0 Å². The maximum Gasteiger partial charge on any atom is 0.0417 e. The first-order valence-corrected chi connectivity index (χ1v) is 7.80. The Morgan fingerprint density at radius 2 is 2.17 bits per heavy atom. The molecule has 3 heteroatoms. The molecule has 3 atom stereocenters. The fourth-order valence-corrected chi connectivity index (χ4v) is 3.50. The topological polar surface area (TPSA) is 15.3 Å². The van der Waals surface area contributed by atoms with Gasteiger partial charge < -0.3 is 5.32 Å². The van der Waals surface area contributed by atoms with Gasteiger partial charge in [-0.15, -0.1) is 11.3 Å². The first-order chi connectivity index (χ1) is 8.39. The normalized spacial score (nSPS) is 28.3. The van der Waals surface area contributed by atoms with Crippen molar-refractivity contribution in [1.29, 1.82) is 0 Å². The van der Waals surface area contributed by atoms with E-state index < -0.39 is 0 Å². The molecule has 0 radical (unpaired) electrons. The van der Waals surface area contributed by atoms with Crippen molar-refractivity contribution in [3.05, 3.63) is 22.4 Å². The number of nitrogens with zero attached hydrogens (tertiary/aromatic N) is 1. The van der Waals surface area contributed by atoms with Gasteiger partial charge in [-0.2, -0.15) is 0 Å². The van der Waals surface area contributed by atoms with E-state index in [2.05, 4.69) is 62.3 Å². The van der Waals surface area contributed by atoms with E-state index in [1.54, 1.807) is 0 Å². The Morgan fingerprint density at radius 3 is 2.72 bits per heavy atom. The molecule has 2 heterocycles. The molecule has 1 fully saturated rings. The summed E-state index contributed by atoms with van der Waals surface area (Å²) in [5.74, 6) is 0. The average molecular weight is 266 g/mol. The van der Waals surface area contributed by atoms with Gasteiger partial charge in [0.1, 0.15) is 0 Å². The minimum Gasteiger partial charge on any atom is -0.311 e. The van der Waals surface area contributed by atoms with Crippen molar-refractivity contribution >= 4 is 11.3 Å². The number of hydrogen-bond acceptors (Lipinski definition) is 3. The minimum absolute atomic E-state index is 0.327. The van der Waals surface area contributed by atoms with Crippen LogP contribution in [0.1, 0.15) is 45.5 Å². The highest BCUT2D eigenvalue weighted by Crippen LogP contribution is 2.31. The van der Waals surface area contributed by atoms with Gasteiger partial charge in [-0.1, -0.05) is 26.8 Å². The largest absolute Gasteiger partial charge is 0.311 e. The first-order valence-electron chi connectivity index (χ1n) is 6.92. The molecule has 0 aromatic carbocycles. The molecule has 0 spiro atoms. The highest BCUT2D eigenvalue weighted by atomic mass is 32.1. The van der Waals surface area contributed by atoms with Crippen molar-refractivity contribution in [3.8, 4) is 0 Å². The molecule has 1 aromatic heterocycles. The van der Waals surface area contributed by atoms with E-state index in [1.807, 2.05) is 11.3 Å². The van der Waals surface area contributed by atoms with Crippen molar-refractivity contribution in [2.24, 2.45) is 5.41 Å². The Bertz CT molecular complexity index is 366. The van der Waals surface area contributed by atoms with Crippen LogP contribution in [-0.4, -0.2) is 30.1 Å². The predicted octanol–water partition coefficient (Wildman–Crippen LogP) is 3.52. The van der Waals surface area contributed by atoms with E-state index in [1.165, 1.54) is 4.88 Å². The summed E-state index contributed by atoms with van der Waals surface area (Å²) in [5, 5.41) is 5.88. The van der Waals surface area contributed by atoms with Crippen LogP contribution < -0.4 is 5.32 Å². The first kappa shape index (κ1) is 14.0. The van der Waals surface area contributed by atoms with Gasteiger partial charge in [0, 0.05) is 36.1 Å². The smallest absolute Gasteiger partial charge is 0.0417 e. The Morgan fingerprint density at radius 1 is 1.44 bits per heavy atom. The van der Waals surface area contributed by atoms with Gasteiger partial charge in [0.05, 0.1) is 0 Å². The van der Waals surface area contributed by atoms with Crippen LogP contribution in [0.2, 0.25) is 0 Å². The van der Waals surface area contributed by atoms with Crippen molar-refractivity contribution in [2.45, 2.75) is 52.7 Å². The average Bonchev–Trinajstić information content (AvgIpc) is 2.80. The van der Waals surface area contributed by atoms with Crippen LogP contribution in [0.5, 0.6) is 0 Å². The maximum absolute atomic E-state index is 3.70. The maximum atomic E-state index is 3.70. The molecular formula is C15H26N2S. The Hall–Kier alpha value is -0.380. The highest BCUT2D eigenvalue weighted by molar-refractivity contribution is 7.10. The molecular weight excluding hydrogens is 240 g/mol. The lowest BCUT2D eigenvalue weighted by Crippen LogP contribution is -2.59. The number of rotatable bonds is 2. The fraction of sp³-hybridized carbons (Fsp3) is 0.733. The quantitative estimate of drug-likeness (QED) is 0.881. The van der Waals surface area contributed by atoms with Crippen LogP contribution >= 0.6 is 11.3 Å². The van der Waals surface area contributed by atoms with Gasteiger partial charge in [0.2, 0.25) is 0 Å². The van der Waals surface area contributed by atoms with Crippen LogP contribution in [0.15, 0.2) is 17.5 Å². The van der Waals surface area contributed by atoms with Crippen molar-refractivity contribution < 1.29 is 0 Å². The SMILES string of the molecule is CC1CNC(C(C)(C)C)CN1C(C)c1cccs1. The molecule has 0 saturated carbocycles. The summed E-state index contributed by atoms with van der Waals surface area (Å²) >= 11 is 1.87. The van der Waals surface area contributed by atoms with Crippen LogP contribution in [0.25, 0.3) is 0 Å². The van der Waals surface area contributed by atoms with Gasteiger partial charge in [0.25, 0.3) is 0 Å². The van der Waals surface area contributed by atoms with Gasteiger partial charge in [0.15, 0.2) is 0 Å². The second-order valence-corrected chi connectivity index (χ2v) is 7.54. The van der Waals surface area contributed by atoms with Crippen molar-refractivity contribution in [1.82, 2.24) is 10.2 Å². The molecule has 3 unspecified atom stereocenters. The van der Waals surface area contributed by atoms with E-state index in [9.17, 15) is 0 Å². The number of nitrogens with one attached hydrogen (secondary N) is 1. The molecule has 0 amide bonds. The molecule has 1 aromatic rings. The van der Waals surface area contributed by atoms with E-state index >= 15 is 0 Å². The summed E-state index contributed by atoms with van der Waals surface area (Å²) < 4.78 is 0. The third-order valence-corrected chi connectivity index (χ3v) is 5.16. The predicted molar refractivity (Wildman–Crippen MR) is 80.1 cm³/mol. The molecule has 18 heavy (non-hydrogen) atoms. The second kappa shape index (κ2) is 5.32. The monoisotopic (exact) mass is 266 g/mol. The lowest BCUT2D eigenvalue weighted by atomic mass is 9.84. The molecule has 2 rings (SSSR count). The van der Waals surface area contributed by atoms with Crippen molar-refractivity contribution in [3.63, 3.8) is 0 Å². The molecule has 2 nitrogen and oxygen atoms in total. The highest BCUT2D eigenvalue weighted by Gasteiger charge is 2.34. The molecule has 1 aliphatic heterocycles. The molecule has 1 N–H and O–H groups in total. The third-order valence-electron chi connectivity index (χ3n) is 4.12. The van der Waals surface area contributed by atoms with E-state index in [-0.39, 0.29) is 0 Å². The summed E-state index contributed by atoms with van der Waals surface area (Å²) in [6.07, 6.45) is 0. The van der Waals surface area contributed by atoms with Crippen molar-refractivity contribution in [2.75, 3.05) is 13.1 Å². The standard InChI is InChI=1S/C15H26N2S/c1-11-9-16-14(15(3,4)5)10-17(11)12(2)13-7-6-8-18-13/h6-8,11-12,14,16H,9-10H2,1-5H3. The second-order valence-electron chi connectivity index (χ2n) is 6.56. The summed E-state index contributed by atoms with van der Waals surface area (Å²) in [6, 6.07) is 6.14. The molecule has 0 bridgehead atoms. The summed E-state index contributed by atoms with van der Waals surface area (Å²) in [6.45, 7) is 13.9. The zero-order valence-electron chi connectivity index (χ0n) is 12.2. The summed E-state index contributed by atoms with van der Waals surface area (Å²) in [4.78, 5) is 4.13. The van der Waals surface area contributed by atoms with Gasteiger partial charge in [-0.25, -0.2) is 0 Å². The summed E-state index contributed by atoms with van der Waals surface area (Å²) in [7, 11) is 0. The van der Waals surface area contributed by atoms with E-state index in [4.69, 9.17) is 0 Å². The van der Waals surface area contributed by atoms with Crippen LogP contribution in [0.3, 0.4) is 0 Å². The lowest BCUT2D eigenvalue weighted by molar-refractivity contribution is 0.0640. The van der Waals surface area contributed by atoms with Crippen LogP contribution in [0.4, 0.5) is 0 Å². The minimum atomic E-state index is 0.327. The van der Waals surface area contributed by atoms with Crippen LogP contribution in [0, 0.1) is 5.41 Å². The molecule has 102 valence electrons. The third kappa shape index (κ3) is 2.95. The van der Waals surface area contributed by atoms with E-state index in [0.29, 0.717) is 23.5 Å². The number of thiophene rings is 1. The Balaban J connectivity index is 2.10. The fourth-order valence-electron chi connectivity index (χ4n) is 2.70. The Labute approximate surface area is 115 Å². The van der Waals surface area contributed by atoms with Gasteiger partial charge in [-0.05, 0) is 30.7 Å². The summed E-state index contributed by atoms with van der Waals surface area (Å²) in [5.41, 5.74) is 0.327.